The fourth-order valence-corrected chi connectivity index (χ4v) is 1.99. The van der Waals surface area contributed by atoms with Gasteiger partial charge in [0.05, 0.1) is 26.5 Å². The van der Waals surface area contributed by atoms with Crippen LogP contribution in [0.3, 0.4) is 0 Å². The van der Waals surface area contributed by atoms with Gasteiger partial charge in [-0.2, -0.15) is 9.78 Å². The van der Waals surface area contributed by atoms with Gasteiger partial charge >= 0.3 is 0 Å². The van der Waals surface area contributed by atoms with Gasteiger partial charge < -0.3 is 0 Å². The Hall–Kier alpha value is -1.03. The van der Waals surface area contributed by atoms with Gasteiger partial charge in [0.2, 0.25) is 0 Å². The molecule has 0 radical (unpaired) electrons. The molecule has 3 nitrogen and oxygen atoms in total. The van der Waals surface area contributed by atoms with Crippen molar-refractivity contribution < 1.29 is 4.79 Å². The third-order valence-corrected chi connectivity index (χ3v) is 3.85. The molecule has 0 unspecified atom stereocenters. The van der Waals surface area contributed by atoms with E-state index in [1.807, 2.05) is 0 Å². The predicted octanol–water partition coefficient (Wildman–Crippen LogP) is 4.15. The second-order valence-corrected chi connectivity index (χ2v) is 5.02. The molecule has 0 N–H and O–H groups in total. The van der Waals surface area contributed by atoms with Crippen LogP contribution in [0.15, 0.2) is 18.2 Å². The molecule has 2 aromatic rings. The van der Waals surface area contributed by atoms with E-state index >= 15 is 0 Å². The van der Waals surface area contributed by atoms with Crippen molar-refractivity contribution in [1.29, 1.82) is 0 Å². The molecule has 1 aromatic carbocycles. The summed E-state index contributed by atoms with van der Waals surface area (Å²) >= 11 is 17.7. The first-order valence-corrected chi connectivity index (χ1v) is 6.26. The van der Waals surface area contributed by atoms with Crippen LogP contribution in [0, 0.1) is 13.8 Å². The summed E-state index contributed by atoms with van der Waals surface area (Å²) in [7, 11) is 0. The van der Waals surface area contributed by atoms with E-state index in [0.29, 0.717) is 32.0 Å². The van der Waals surface area contributed by atoms with Crippen LogP contribution in [0.2, 0.25) is 15.1 Å². The molecule has 0 aliphatic carbocycles. The average molecular weight is 304 g/mol. The van der Waals surface area contributed by atoms with Gasteiger partial charge in [-0.3, -0.25) is 4.79 Å². The second kappa shape index (κ2) is 4.92. The van der Waals surface area contributed by atoms with E-state index in [2.05, 4.69) is 5.10 Å². The molecular formula is C12H9Cl3N2O. The molecule has 0 bridgehead atoms. The lowest BCUT2D eigenvalue weighted by Crippen LogP contribution is -2.15. The number of aromatic nitrogens is 2. The molecule has 0 aliphatic rings. The Kier molecular flexibility index (Phi) is 3.66. The summed E-state index contributed by atoms with van der Waals surface area (Å²) in [4.78, 5) is 12.2. The highest BCUT2D eigenvalue weighted by molar-refractivity contribution is 6.42. The molecule has 2 rings (SSSR count). The molecule has 1 heterocycles. The zero-order valence-corrected chi connectivity index (χ0v) is 11.9. The maximum absolute atomic E-state index is 12.2. The van der Waals surface area contributed by atoms with Crippen molar-refractivity contribution in [2.45, 2.75) is 13.8 Å². The number of carbonyl (C=O) groups is 1. The molecule has 0 aliphatic heterocycles. The third-order valence-electron chi connectivity index (χ3n) is 2.56. The lowest BCUT2D eigenvalue weighted by Gasteiger charge is -2.04. The summed E-state index contributed by atoms with van der Waals surface area (Å²) in [6.45, 7) is 3.48. The van der Waals surface area contributed by atoms with Crippen molar-refractivity contribution in [3.63, 3.8) is 0 Å². The van der Waals surface area contributed by atoms with E-state index in [1.54, 1.807) is 26.0 Å². The number of aryl methyl sites for hydroxylation is 1. The van der Waals surface area contributed by atoms with Crippen molar-refractivity contribution in [3.8, 4) is 0 Å². The van der Waals surface area contributed by atoms with Crippen molar-refractivity contribution in [3.05, 3.63) is 50.2 Å². The maximum Gasteiger partial charge on any atom is 0.278 e. The summed E-state index contributed by atoms with van der Waals surface area (Å²) in [5.74, 6) is -0.291. The molecular weight excluding hydrogens is 295 g/mol. The van der Waals surface area contributed by atoms with Gasteiger partial charge in [-0.05, 0) is 32.0 Å². The van der Waals surface area contributed by atoms with Crippen molar-refractivity contribution in [1.82, 2.24) is 9.78 Å². The summed E-state index contributed by atoms with van der Waals surface area (Å²) in [5.41, 5.74) is 1.62. The lowest BCUT2D eigenvalue weighted by atomic mass is 10.2. The van der Waals surface area contributed by atoms with Crippen LogP contribution in [-0.2, 0) is 0 Å². The highest BCUT2D eigenvalue weighted by Crippen LogP contribution is 2.24. The maximum atomic E-state index is 12.2. The van der Waals surface area contributed by atoms with Crippen LogP contribution in [-0.4, -0.2) is 15.7 Å². The second-order valence-electron chi connectivity index (χ2n) is 3.83. The number of rotatable bonds is 1. The first-order valence-electron chi connectivity index (χ1n) is 5.13. The van der Waals surface area contributed by atoms with Crippen LogP contribution >= 0.6 is 34.8 Å². The Morgan fingerprint density at radius 2 is 1.83 bits per heavy atom. The molecule has 0 spiro atoms. The highest BCUT2D eigenvalue weighted by Gasteiger charge is 2.17. The summed E-state index contributed by atoms with van der Waals surface area (Å²) in [5, 5.41) is 5.32. The van der Waals surface area contributed by atoms with Gasteiger partial charge in [-0.1, -0.05) is 34.8 Å². The van der Waals surface area contributed by atoms with Crippen LogP contribution in [0.25, 0.3) is 0 Å². The third kappa shape index (κ3) is 2.26. The Bertz CT molecular complexity index is 634. The molecule has 0 amide bonds. The number of nitrogens with zero attached hydrogens (tertiary/aromatic N) is 2. The fourth-order valence-electron chi connectivity index (χ4n) is 1.57. The largest absolute Gasteiger partial charge is 0.278 e. The average Bonchev–Trinajstić information content (AvgIpc) is 2.60. The first-order chi connectivity index (χ1) is 8.41. The molecule has 0 saturated carbocycles. The Balaban J connectivity index is 2.48. The topological polar surface area (TPSA) is 34.9 Å². The molecule has 18 heavy (non-hydrogen) atoms. The monoisotopic (exact) mass is 302 g/mol. The van der Waals surface area contributed by atoms with Crippen molar-refractivity contribution >= 4 is 40.7 Å². The van der Waals surface area contributed by atoms with Crippen LogP contribution < -0.4 is 0 Å². The minimum Gasteiger partial charge on any atom is -0.267 e. The Labute approximate surface area is 119 Å². The van der Waals surface area contributed by atoms with Gasteiger partial charge in [-0.15, -0.1) is 0 Å². The van der Waals surface area contributed by atoms with Crippen molar-refractivity contribution in [2.75, 3.05) is 0 Å². The quantitative estimate of drug-likeness (QED) is 0.793. The molecule has 0 fully saturated rings. The first kappa shape index (κ1) is 13.4. The van der Waals surface area contributed by atoms with Crippen LogP contribution in [0.5, 0.6) is 0 Å². The molecule has 1 aromatic heterocycles. The summed E-state index contributed by atoms with van der Waals surface area (Å²) < 4.78 is 1.26. The van der Waals surface area contributed by atoms with E-state index < -0.39 is 0 Å². The van der Waals surface area contributed by atoms with Gasteiger partial charge in [0.25, 0.3) is 5.91 Å². The number of carbonyl (C=O) groups excluding carboxylic acids is 1. The summed E-state index contributed by atoms with van der Waals surface area (Å²) in [6.07, 6.45) is 0. The normalized spacial score (nSPS) is 10.7. The van der Waals surface area contributed by atoms with Gasteiger partial charge in [0.15, 0.2) is 0 Å². The predicted molar refractivity (Wildman–Crippen MR) is 72.9 cm³/mol. The van der Waals surface area contributed by atoms with Gasteiger partial charge in [-0.25, -0.2) is 0 Å². The number of halogens is 3. The Morgan fingerprint density at radius 3 is 2.33 bits per heavy atom. The van der Waals surface area contributed by atoms with E-state index in [4.69, 9.17) is 34.8 Å². The minimum absolute atomic E-state index is 0.291. The van der Waals surface area contributed by atoms with Gasteiger partial charge in [0, 0.05) is 5.56 Å². The zero-order chi connectivity index (χ0) is 13.4. The minimum atomic E-state index is -0.291. The van der Waals surface area contributed by atoms with E-state index in [9.17, 15) is 4.79 Å². The van der Waals surface area contributed by atoms with Gasteiger partial charge in [0.1, 0.15) is 0 Å². The van der Waals surface area contributed by atoms with Crippen LogP contribution in [0.1, 0.15) is 21.7 Å². The fraction of sp³-hybridized carbons (Fsp3) is 0.167. The van der Waals surface area contributed by atoms with Crippen molar-refractivity contribution in [2.24, 2.45) is 0 Å². The lowest BCUT2D eigenvalue weighted by molar-refractivity contribution is 0.0942. The SMILES string of the molecule is Cc1nn(C(=O)c2ccc(Cl)c(Cl)c2)c(C)c1Cl. The number of benzene rings is 1. The molecule has 0 saturated heterocycles. The number of hydrogen-bond donors (Lipinski definition) is 0. The van der Waals surface area contributed by atoms with E-state index in [-0.39, 0.29) is 5.91 Å². The molecule has 6 heteroatoms. The number of hydrogen-bond acceptors (Lipinski definition) is 2. The van der Waals surface area contributed by atoms with E-state index in [1.165, 1.54) is 10.7 Å². The zero-order valence-electron chi connectivity index (χ0n) is 9.67. The standard InChI is InChI=1S/C12H9Cl3N2O/c1-6-11(15)7(2)17(16-6)12(18)8-3-4-9(13)10(14)5-8/h3-5H,1-2H3. The highest BCUT2D eigenvalue weighted by atomic mass is 35.5. The molecule has 94 valence electrons. The summed E-state index contributed by atoms with van der Waals surface area (Å²) in [6, 6.07) is 4.68. The van der Waals surface area contributed by atoms with Crippen LogP contribution in [0.4, 0.5) is 0 Å². The molecule has 0 atom stereocenters. The smallest absolute Gasteiger partial charge is 0.267 e. The Morgan fingerprint density at radius 1 is 1.17 bits per heavy atom. The van der Waals surface area contributed by atoms with E-state index in [0.717, 1.165) is 0 Å².